The number of benzene rings is 4. The van der Waals surface area contributed by atoms with Crippen molar-refractivity contribution in [3.8, 4) is 0 Å². The number of carbonyl (C=O) groups is 1. The van der Waals surface area contributed by atoms with E-state index in [0.29, 0.717) is 19.8 Å². The van der Waals surface area contributed by atoms with E-state index in [1.54, 1.807) is 0 Å². The SMILES string of the molecule is O=C(N[C@@H](c1ccccc1)[C@@H](O[C@H]1CCCC[C@@H]1[Se]c1ccccc1)c1ccccc1)OCc1ccccc1. The molecule has 1 amide bonds. The summed E-state index contributed by atoms with van der Waals surface area (Å²) >= 11 is 0.317. The summed E-state index contributed by atoms with van der Waals surface area (Å²) in [6.07, 6.45) is 3.92. The third kappa shape index (κ3) is 7.83. The van der Waals surface area contributed by atoms with Gasteiger partial charge in [0, 0.05) is 0 Å². The van der Waals surface area contributed by atoms with Crippen LogP contribution in [0.5, 0.6) is 0 Å². The predicted octanol–water partition coefficient (Wildman–Crippen LogP) is 7.17. The first kappa shape index (κ1) is 27.2. The number of nitrogens with one attached hydrogen (secondary N) is 1. The van der Waals surface area contributed by atoms with Crippen LogP contribution < -0.4 is 9.78 Å². The number of hydrogen-bond acceptors (Lipinski definition) is 3. The van der Waals surface area contributed by atoms with Crippen LogP contribution >= 0.6 is 0 Å². The fraction of sp³-hybridized carbons (Fsp3) is 0.265. The number of ether oxygens (including phenoxy) is 2. The van der Waals surface area contributed by atoms with Crippen molar-refractivity contribution >= 4 is 25.5 Å². The molecule has 0 bridgehead atoms. The molecule has 1 fully saturated rings. The van der Waals surface area contributed by atoms with Crippen LogP contribution in [-0.4, -0.2) is 27.2 Å². The van der Waals surface area contributed by atoms with E-state index in [2.05, 4.69) is 47.8 Å². The molecular formula is C34H35NO3Se. The molecule has 4 atom stereocenters. The molecule has 0 unspecified atom stereocenters. The minimum atomic E-state index is -0.453. The van der Waals surface area contributed by atoms with Crippen molar-refractivity contribution < 1.29 is 14.3 Å². The molecule has 4 aromatic carbocycles. The molecule has 0 aliphatic heterocycles. The van der Waals surface area contributed by atoms with E-state index in [-0.39, 0.29) is 18.8 Å². The van der Waals surface area contributed by atoms with Gasteiger partial charge in [-0.2, -0.15) is 0 Å². The van der Waals surface area contributed by atoms with Crippen LogP contribution in [-0.2, 0) is 16.1 Å². The van der Waals surface area contributed by atoms with Gasteiger partial charge in [-0.15, -0.1) is 0 Å². The minimum absolute atomic E-state index is 0.123. The van der Waals surface area contributed by atoms with Gasteiger partial charge < -0.3 is 0 Å². The monoisotopic (exact) mass is 585 g/mol. The summed E-state index contributed by atoms with van der Waals surface area (Å²) in [7, 11) is 0. The second-order valence-corrected chi connectivity index (χ2v) is 12.6. The Balaban J connectivity index is 1.40. The van der Waals surface area contributed by atoms with Crippen LogP contribution in [0.25, 0.3) is 0 Å². The van der Waals surface area contributed by atoms with Gasteiger partial charge in [-0.1, -0.05) is 6.07 Å². The average molecular weight is 585 g/mol. The first-order valence-electron chi connectivity index (χ1n) is 13.7. The molecule has 200 valence electrons. The van der Waals surface area contributed by atoms with Crippen molar-refractivity contribution in [2.45, 2.75) is 55.4 Å². The third-order valence-corrected chi connectivity index (χ3v) is 9.98. The number of hydrogen-bond donors (Lipinski definition) is 1. The molecule has 0 heterocycles. The molecule has 39 heavy (non-hydrogen) atoms. The molecule has 0 aromatic heterocycles. The van der Waals surface area contributed by atoms with E-state index < -0.39 is 12.1 Å². The van der Waals surface area contributed by atoms with Crippen LogP contribution in [0.1, 0.15) is 54.5 Å². The molecule has 4 nitrogen and oxygen atoms in total. The summed E-state index contributed by atoms with van der Waals surface area (Å²) in [5.74, 6) is 0. The Morgan fingerprint density at radius 3 is 1.97 bits per heavy atom. The van der Waals surface area contributed by atoms with Gasteiger partial charge in [-0.3, -0.25) is 0 Å². The predicted molar refractivity (Wildman–Crippen MR) is 157 cm³/mol. The first-order chi connectivity index (χ1) is 19.3. The van der Waals surface area contributed by atoms with Crippen molar-refractivity contribution in [2.75, 3.05) is 0 Å². The van der Waals surface area contributed by atoms with Gasteiger partial charge in [-0.05, 0) is 0 Å². The fourth-order valence-electron chi connectivity index (χ4n) is 5.09. The van der Waals surface area contributed by atoms with Crippen molar-refractivity contribution in [3.05, 3.63) is 138 Å². The van der Waals surface area contributed by atoms with Gasteiger partial charge >= 0.3 is 232 Å². The van der Waals surface area contributed by atoms with Gasteiger partial charge in [0.2, 0.25) is 0 Å². The Bertz CT molecular complexity index is 1270. The van der Waals surface area contributed by atoms with E-state index in [1.165, 1.54) is 17.3 Å². The standard InChI is InChI=1S/C34H35NO3Se/c36-34(37-25-26-15-5-1-6-16-26)35-32(27-17-7-2-8-18-27)33(28-19-9-3-10-20-28)38-30-23-13-14-24-31(30)39-29-21-11-4-12-22-29/h1-12,15-22,30-33H,13-14,23-25H2,(H,35,36)/t30-,31-,32-,33-/m0/s1. The fourth-order valence-corrected chi connectivity index (χ4v) is 7.82. The normalized spacial score (nSPS) is 18.6. The molecule has 1 aliphatic carbocycles. The Hall–Kier alpha value is -3.37. The van der Waals surface area contributed by atoms with E-state index in [4.69, 9.17) is 9.47 Å². The maximum absolute atomic E-state index is 13.1. The number of amides is 1. The molecule has 4 aromatic rings. The summed E-state index contributed by atoms with van der Waals surface area (Å²) in [5.41, 5.74) is 2.99. The Labute approximate surface area is 237 Å². The van der Waals surface area contributed by atoms with Crippen molar-refractivity contribution in [3.63, 3.8) is 0 Å². The van der Waals surface area contributed by atoms with Gasteiger partial charge in [0.25, 0.3) is 0 Å². The summed E-state index contributed by atoms with van der Waals surface area (Å²) in [5, 5.41) is 3.18. The number of carbonyl (C=O) groups excluding carboxylic acids is 1. The molecule has 5 rings (SSSR count). The Kier molecular flexibility index (Phi) is 9.86. The summed E-state index contributed by atoms with van der Waals surface area (Å²) in [4.78, 5) is 13.6. The van der Waals surface area contributed by atoms with E-state index in [0.717, 1.165) is 29.5 Å². The summed E-state index contributed by atoms with van der Waals surface area (Å²) < 4.78 is 14.1. The Morgan fingerprint density at radius 2 is 1.31 bits per heavy atom. The second kappa shape index (κ2) is 14.1. The Morgan fingerprint density at radius 1 is 0.744 bits per heavy atom. The summed E-state index contributed by atoms with van der Waals surface area (Å²) in [6.45, 7) is 0.218. The molecular weight excluding hydrogens is 549 g/mol. The average Bonchev–Trinajstić information content (AvgIpc) is 3.00. The molecule has 0 saturated heterocycles. The second-order valence-electron chi connectivity index (χ2n) is 9.85. The van der Waals surface area contributed by atoms with E-state index in [1.807, 2.05) is 78.9 Å². The molecule has 1 N–H and O–H groups in total. The van der Waals surface area contributed by atoms with Crippen LogP contribution in [0.3, 0.4) is 0 Å². The van der Waals surface area contributed by atoms with Gasteiger partial charge in [0.1, 0.15) is 0 Å². The quantitative estimate of drug-likeness (QED) is 0.201. The van der Waals surface area contributed by atoms with Crippen LogP contribution in [0, 0.1) is 0 Å². The zero-order valence-electron chi connectivity index (χ0n) is 22.0. The van der Waals surface area contributed by atoms with Crippen molar-refractivity contribution in [2.24, 2.45) is 0 Å². The molecule has 5 heteroatoms. The third-order valence-electron chi connectivity index (χ3n) is 7.07. The molecule has 0 spiro atoms. The van der Waals surface area contributed by atoms with E-state index in [9.17, 15) is 4.79 Å². The number of alkyl carbamates (subject to hydrolysis) is 1. The number of rotatable bonds is 10. The first-order valence-corrected chi connectivity index (χ1v) is 15.5. The zero-order chi connectivity index (χ0) is 26.7. The zero-order valence-corrected chi connectivity index (χ0v) is 23.7. The maximum atomic E-state index is 13.1. The molecule has 1 saturated carbocycles. The van der Waals surface area contributed by atoms with E-state index >= 15 is 0 Å². The van der Waals surface area contributed by atoms with Crippen LogP contribution in [0.4, 0.5) is 4.79 Å². The van der Waals surface area contributed by atoms with Crippen LogP contribution in [0.2, 0.25) is 4.82 Å². The van der Waals surface area contributed by atoms with Crippen molar-refractivity contribution in [1.29, 1.82) is 0 Å². The summed E-state index contributed by atoms with van der Waals surface area (Å²) in [6, 6.07) is 40.5. The van der Waals surface area contributed by atoms with Gasteiger partial charge in [0.15, 0.2) is 0 Å². The molecule has 0 radical (unpaired) electrons. The van der Waals surface area contributed by atoms with Gasteiger partial charge in [-0.25, -0.2) is 0 Å². The van der Waals surface area contributed by atoms with Crippen molar-refractivity contribution in [1.82, 2.24) is 5.32 Å². The topological polar surface area (TPSA) is 47.6 Å². The van der Waals surface area contributed by atoms with Crippen LogP contribution in [0.15, 0.2) is 121 Å². The molecule has 1 aliphatic rings. The van der Waals surface area contributed by atoms with Gasteiger partial charge in [0.05, 0.1) is 0 Å².